The van der Waals surface area contributed by atoms with Crippen molar-refractivity contribution in [3.8, 4) is 5.82 Å². The van der Waals surface area contributed by atoms with Gasteiger partial charge in [0.25, 0.3) is 0 Å². The predicted molar refractivity (Wildman–Crippen MR) is 71.5 cm³/mol. The summed E-state index contributed by atoms with van der Waals surface area (Å²) in [5, 5.41) is 4.05. The zero-order chi connectivity index (χ0) is 13.9. The summed E-state index contributed by atoms with van der Waals surface area (Å²) < 4.78 is 27.4. The molecule has 0 aliphatic rings. The highest BCUT2D eigenvalue weighted by Gasteiger charge is 2.23. The highest BCUT2D eigenvalue weighted by molar-refractivity contribution is 7.89. The lowest BCUT2D eigenvalue weighted by Gasteiger charge is -2.16. The van der Waals surface area contributed by atoms with Gasteiger partial charge in [0.15, 0.2) is 5.82 Å². The van der Waals surface area contributed by atoms with E-state index >= 15 is 0 Å². The van der Waals surface area contributed by atoms with Gasteiger partial charge in [-0.1, -0.05) is 19.9 Å². The van der Waals surface area contributed by atoms with E-state index in [0.29, 0.717) is 18.9 Å². The molecular formula is C12H16N4O2S. The minimum Gasteiger partial charge on any atom is -0.237 e. The Kier molecular flexibility index (Phi) is 3.96. The molecule has 0 saturated heterocycles. The monoisotopic (exact) mass is 280 g/mol. The quantitative estimate of drug-likeness (QED) is 0.828. The van der Waals surface area contributed by atoms with Crippen LogP contribution in [-0.4, -0.2) is 40.6 Å². The van der Waals surface area contributed by atoms with E-state index in [0.717, 1.165) is 0 Å². The van der Waals surface area contributed by atoms with Crippen LogP contribution in [0.3, 0.4) is 0 Å². The van der Waals surface area contributed by atoms with Crippen molar-refractivity contribution in [2.45, 2.75) is 18.7 Å². The normalized spacial score (nSPS) is 11.9. The number of rotatable bonds is 5. The molecule has 0 N–H and O–H groups in total. The van der Waals surface area contributed by atoms with Gasteiger partial charge in [-0.15, -0.1) is 0 Å². The van der Waals surface area contributed by atoms with Gasteiger partial charge in [0.05, 0.1) is 12.4 Å². The summed E-state index contributed by atoms with van der Waals surface area (Å²) in [4.78, 5) is 4.30. The van der Waals surface area contributed by atoms with Crippen LogP contribution in [0.2, 0.25) is 0 Å². The summed E-state index contributed by atoms with van der Waals surface area (Å²) in [5.74, 6) is 0.587. The predicted octanol–water partition coefficient (Wildman–Crippen LogP) is 1.30. The standard InChI is InChI=1S/C12H16N4O2S/c1-3-15(4-2)19(17,18)11-9-14-16(10-11)12-7-5-6-8-13-12/h5-10H,3-4H2,1-2H3. The van der Waals surface area contributed by atoms with E-state index in [1.807, 2.05) is 19.9 Å². The Bertz CT molecular complexity index is 633. The lowest BCUT2D eigenvalue weighted by Crippen LogP contribution is -2.30. The largest absolute Gasteiger partial charge is 0.246 e. The van der Waals surface area contributed by atoms with E-state index < -0.39 is 10.0 Å². The molecular weight excluding hydrogens is 264 g/mol. The van der Waals surface area contributed by atoms with Gasteiger partial charge >= 0.3 is 0 Å². The van der Waals surface area contributed by atoms with Crippen molar-refractivity contribution in [2.24, 2.45) is 0 Å². The minimum atomic E-state index is -3.47. The lowest BCUT2D eigenvalue weighted by atomic mass is 10.5. The SMILES string of the molecule is CCN(CC)S(=O)(=O)c1cnn(-c2ccccn2)c1. The summed E-state index contributed by atoms with van der Waals surface area (Å²) in [6, 6.07) is 5.38. The molecule has 0 aliphatic carbocycles. The first-order valence-electron chi connectivity index (χ1n) is 6.05. The highest BCUT2D eigenvalue weighted by Crippen LogP contribution is 2.15. The van der Waals surface area contributed by atoms with Gasteiger partial charge in [-0.3, -0.25) is 0 Å². The molecule has 102 valence electrons. The van der Waals surface area contributed by atoms with Gasteiger partial charge in [0.2, 0.25) is 10.0 Å². The van der Waals surface area contributed by atoms with Gasteiger partial charge in [-0.05, 0) is 12.1 Å². The zero-order valence-electron chi connectivity index (χ0n) is 10.9. The molecule has 0 saturated carbocycles. The topological polar surface area (TPSA) is 68.1 Å². The second-order valence-electron chi connectivity index (χ2n) is 3.90. The second-order valence-corrected chi connectivity index (χ2v) is 5.84. The van der Waals surface area contributed by atoms with Gasteiger partial charge in [-0.2, -0.15) is 9.40 Å². The first-order valence-corrected chi connectivity index (χ1v) is 7.49. The Labute approximate surface area is 112 Å². The fourth-order valence-electron chi connectivity index (χ4n) is 1.77. The Morgan fingerprint density at radius 3 is 2.58 bits per heavy atom. The van der Waals surface area contributed by atoms with Crippen molar-refractivity contribution < 1.29 is 8.42 Å². The summed E-state index contributed by atoms with van der Waals surface area (Å²) in [7, 11) is -3.47. The van der Waals surface area contributed by atoms with Crippen molar-refractivity contribution in [2.75, 3.05) is 13.1 Å². The van der Waals surface area contributed by atoms with Crippen LogP contribution in [0.5, 0.6) is 0 Å². The third kappa shape index (κ3) is 2.66. The van der Waals surface area contributed by atoms with Crippen LogP contribution < -0.4 is 0 Å². The molecule has 2 aromatic rings. The molecule has 0 atom stereocenters. The Balaban J connectivity index is 2.37. The average Bonchev–Trinajstić information content (AvgIpc) is 2.91. The first-order chi connectivity index (χ1) is 9.09. The molecule has 2 aromatic heterocycles. The number of aromatic nitrogens is 3. The fourth-order valence-corrected chi connectivity index (χ4v) is 3.16. The van der Waals surface area contributed by atoms with Crippen molar-refractivity contribution in [3.05, 3.63) is 36.8 Å². The molecule has 2 rings (SSSR count). The Morgan fingerprint density at radius 2 is 2.00 bits per heavy atom. The maximum Gasteiger partial charge on any atom is 0.246 e. The lowest BCUT2D eigenvalue weighted by molar-refractivity contribution is 0.445. The van der Waals surface area contributed by atoms with Gasteiger partial charge in [0.1, 0.15) is 4.90 Å². The van der Waals surface area contributed by atoms with Crippen LogP contribution in [0.4, 0.5) is 0 Å². The van der Waals surface area contributed by atoms with Crippen molar-refractivity contribution in [3.63, 3.8) is 0 Å². The van der Waals surface area contributed by atoms with Gasteiger partial charge in [-0.25, -0.2) is 18.1 Å². The number of pyridine rings is 1. The van der Waals surface area contributed by atoms with Crippen LogP contribution in [0.1, 0.15) is 13.8 Å². The van der Waals surface area contributed by atoms with Crippen LogP contribution >= 0.6 is 0 Å². The van der Waals surface area contributed by atoms with Crippen LogP contribution in [0, 0.1) is 0 Å². The summed E-state index contributed by atoms with van der Waals surface area (Å²) in [5.41, 5.74) is 0. The van der Waals surface area contributed by atoms with E-state index in [2.05, 4.69) is 10.1 Å². The van der Waals surface area contributed by atoms with E-state index in [4.69, 9.17) is 0 Å². The summed E-state index contributed by atoms with van der Waals surface area (Å²) in [6.07, 6.45) is 4.47. The molecule has 0 bridgehead atoms. The number of sulfonamides is 1. The maximum atomic E-state index is 12.3. The molecule has 0 amide bonds. The van der Waals surface area contributed by atoms with Crippen molar-refractivity contribution >= 4 is 10.0 Å². The van der Waals surface area contributed by atoms with E-state index in [1.54, 1.807) is 18.3 Å². The molecule has 0 radical (unpaired) electrons. The van der Waals surface area contributed by atoms with Crippen LogP contribution in [-0.2, 0) is 10.0 Å². The van der Waals surface area contributed by atoms with E-state index in [1.165, 1.54) is 21.4 Å². The molecule has 0 unspecified atom stereocenters. The molecule has 0 spiro atoms. The molecule has 6 nitrogen and oxygen atoms in total. The molecule has 19 heavy (non-hydrogen) atoms. The molecule has 2 heterocycles. The van der Waals surface area contributed by atoms with E-state index in [-0.39, 0.29) is 4.90 Å². The molecule has 7 heteroatoms. The minimum absolute atomic E-state index is 0.182. The van der Waals surface area contributed by atoms with Gasteiger partial charge < -0.3 is 0 Å². The van der Waals surface area contributed by atoms with Crippen molar-refractivity contribution in [1.29, 1.82) is 0 Å². The average molecular weight is 280 g/mol. The molecule has 0 aliphatic heterocycles. The third-order valence-corrected chi connectivity index (χ3v) is 4.79. The molecule has 0 aromatic carbocycles. The van der Waals surface area contributed by atoms with Crippen LogP contribution in [0.25, 0.3) is 5.82 Å². The fraction of sp³-hybridized carbons (Fsp3) is 0.333. The number of hydrogen-bond donors (Lipinski definition) is 0. The number of hydrogen-bond acceptors (Lipinski definition) is 4. The van der Waals surface area contributed by atoms with Gasteiger partial charge in [0, 0.05) is 19.3 Å². The highest BCUT2D eigenvalue weighted by atomic mass is 32.2. The second kappa shape index (κ2) is 5.50. The van der Waals surface area contributed by atoms with E-state index in [9.17, 15) is 8.42 Å². The first kappa shape index (κ1) is 13.7. The molecule has 0 fully saturated rings. The van der Waals surface area contributed by atoms with Crippen molar-refractivity contribution in [1.82, 2.24) is 19.1 Å². The summed E-state index contributed by atoms with van der Waals surface area (Å²) in [6.45, 7) is 4.50. The third-order valence-electron chi connectivity index (χ3n) is 2.79. The zero-order valence-corrected chi connectivity index (χ0v) is 11.7. The number of nitrogens with zero attached hydrogens (tertiary/aromatic N) is 4. The van der Waals surface area contributed by atoms with Crippen LogP contribution in [0.15, 0.2) is 41.7 Å². The Morgan fingerprint density at radius 1 is 1.26 bits per heavy atom. The Hall–Kier alpha value is -1.73. The maximum absolute atomic E-state index is 12.3. The smallest absolute Gasteiger partial charge is 0.237 e. The summed E-state index contributed by atoms with van der Waals surface area (Å²) >= 11 is 0.